The molecule has 0 unspecified atom stereocenters. The molecular weight excluding hydrogens is 750 g/mol. The van der Waals surface area contributed by atoms with E-state index in [2.05, 4.69) is 53.4 Å². The van der Waals surface area contributed by atoms with Gasteiger partial charge in [0, 0.05) is 43.2 Å². The summed E-state index contributed by atoms with van der Waals surface area (Å²) in [6, 6.07) is 28.7. The lowest BCUT2D eigenvalue weighted by molar-refractivity contribution is -0.0595. The van der Waals surface area contributed by atoms with Crippen LogP contribution in [0.3, 0.4) is 0 Å². The van der Waals surface area contributed by atoms with Crippen molar-refractivity contribution in [3.05, 3.63) is 166 Å². The second-order valence-corrected chi connectivity index (χ2v) is 15.4. The maximum absolute atomic E-state index is 13.3. The third-order valence-corrected chi connectivity index (χ3v) is 11.5. The van der Waals surface area contributed by atoms with Gasteiger partial charge in [0.05, 0.1) is 12.1 Å². The Balaban J connectivity index is 0.000000185. The molecule has 4 atom stereocenters. The minimum atomic E-state index is -0.789. The van der Waals surface area contributed by atoms with E-state index in [1.807, 2.05) is 38.1 Å². The molecule has 6 nitrogen and oxygen atoms in total. The van der Waals surface area contributed by atoms with Crippen LogP contribution in [0.5, 0.6) is 0 Å². The molecular formula is C45H47BrF2N2O4. The van der Waals surface area contributed by atoms with Crippen LogP contribution in [-0.4, -0.2) is 35.1 Å². The number of carbonyl (C=O) groups excluding carboxylic acids is 2. The third kappa shape index (κ3) is 8.62. The van der Waals surface area contributed by atoms with E-state index in [0.29, 0.717) is 38.8 Å². The van der Waals surface area contributed by atoms with E-state index >= 15 is 0 Å². The number of hydrogen-bond acceptors (Lipinski definition) is 4. The van der Waals surface area contributed by atoms with Crippen LogP contribution in [0.2, 0.25) is 0 Å². The number of rotatable bonds is 11. The summed E-state index contributed by atoms with van der Waals surface area (Å²) in [5.41, 5.74) is 3.58. The number of ether oxygens (including phenoxy) is 2. The van der Waals surface area contributed by atoms with Gasteiger partial charge in [-0.2, -0.15) is 0 Å². The number of nitrogens with zero attached hydrogens (tertiary/aromatic N) is 2. The van der Waals surface area contributed by atoms with Gasteiger partial charge in [-0.15, -0.1) is 13.2 Å². The molecule has 2 aliphatic heterocycles. The Morgan fingerprint density at radius 2 is 1.07 bits per heavy atom. The Labute approximate surface area is 325 Å². The van der Waals surface area contributed by atoms with E-state index in [4.69, 9.17) is 9.47 Å². The average molecular weight is 798 g/mol. The molecule has 2 saturated heterocycles. The largest absolute Gasteiger partial charge is 0.437 e. The molecule has 9 heteroatoms. The molecule has 282 valence electrons. The monoisotopic (exact) mass is 796 g/mol. The molecule has 4 aromatic carbocycles. The van der Waals surface area contributed by atoms with Gasteiger partial charge in [-0.05, 0) is 96.8 Å². The van der Waals surface area contributed by atoms with Crippen molar-refractivity contribution in [1.82, 2.24) is 9.80 Å². The first-order chi connectivity index (χ1) is 26.0. The maximum Gasteiger partial charge on any atom is 0.411 e. The van der Waals surface area contributed by atoms with Crippen molar-refractivity contribution in [3.63, 3.8) is 0 Å². The van der Waals surface area contributed by atoms with Gasteiger partial charge in [0.25, 0.3) is 0 Å². The quantitative estimate of drug-likeness (QED) is 0.142. The number of cyclic esters (lactones) is 2. The number of amides is 2. The number of benzene rings is 4. The minimum absolute atomic E-state index is 0.0595. The van der Waals surface area contributed by atoms with Crippen LogP contribution in [0.15, 0.2) is 127 Å². The van der Waals surface area contributed by atoms with Crippen molar-refractivity contribution in [2.75, 3.05) is 13.1 Å². The average Bonchev–Trinajstić information content (AvgIpc) is 4.02. The zero-order valence-corrected chi connectivity index (χ0v) is 32.4. The van der Waals surface area contributed by atoms with Crippen LogP contribution in [0.25, 0.3) is 0 Å². The summed E-state index contributed by atoms with van der Waals surface area (Å²) < 4.78 is 39.5. The molecule has 2 amide bonds. The smallest absolute Gasteiger partial charge is 0.411 e. The molecule has 3 fully saturated rings. The van der Waals surface area contributed by atoms with Gasteiger partial charge < -0.3 is 19.3 Å². The van der Waals surface area contributed by atoms with Crippen LogP contribution >= 0.6 is 15.9 Å². The highest BCUT2D eigenvalue weighted by molar-refractivity contribution is 9.10. The molecule has 0 aromatic heterocycles. The summed E-state index contributed by atoms with van der Waals surface area (Å²) in [6.45, 7) is 12.8. The Bertz CT molecular complexity index is 1930. The molecule has 2 heterocycles. The highest BCUT2D eigenvalue weighted by Gasteiger charge is 2.44. The van der Waals surface area contributed by atoms with Crippen molar-refractivity contribution in [2.24, 2.45) is 0 Å². The second kappa shape index (κ2) is 16.7. The molecule has 1 saturated carbocycles. The first-order valence-electron chi connectivity index (χ1n) is 18.6. The van der Waals surface area contributed by atoms with Gasteiger partial charge in [-0.3, -0.25) is 0 Å². The van der Waals surface area contributed by atoms with E-state index in [0.717, 1.165) is 32.6 Å². The van der Waals surface area contributed by atoms with Gasteiger partial charge in [0.2, 0.25) is 0 Å². The van der Waals surface area contributed by atoms with E-state index in [-0.39, 0.29) is 35.9 Å². The number of hydrogen-bond donors (Lipinski definition) is 0. The Morgan fingerprint density at radius 1 is 0.685 bits per heavy atom. The van der Waals surface area contributed by atoms with Gasteiger partial charge in [-0.1, -0.05) is 88.7 Å². The van der Waals surface area contributed by atoms with Gasteiger partial charge >= 0.3 is 12.2 Å². The van der Waals surface area contributed by atoms with E-state index in [9.17, 15) is 18.4 Å². The molecule has 0 radical (unpaired) electrons. The fourth-order valence-electron chi connectivity index (χ4n) is 7.51. The van der Waals surface area contributed by atoms with Crippen LogP contribution in [0.4, 0.5) is 18.4 Å². The van der Waals surface area contributed by atoms with Crippen molar-refractivity contribution < 1.29 is 27.8 Å². The summed E-state index contributed by atoms with van der Waals surface area (Å²) in [4.78, 5) is 29.2. The normalized spacial score (nSPS) is 22.2. The van der Waals surface area contributed by atoms with Gasteiger partial charge in [-0.25, -0.2) is 18.4 Å². The van der Waals surface area contributed by atoms with Crippen LogP contribution in [0, 0.1) is 11.6 Å². The molecule has 1 aliphatic carbocycles. The van der Waals surface area contributed by atoms with Crippen molar-refractivity contribution in [3.8, 4) is 0 Å². The number of halogens is 3. The van der Waals surface area contributed by atoms with E-state index < -0.39 is 11.2 Å². The summed E-state index contributed by atoms with van der Waals surface area (Å²) >= 11 is 3.42. The summed E-state index contributed by atoms with van der Waals surface area (Å²) in [5, 5.41) is 0. The summed E-state index contributed by atoms with van der Waals surface area (Å²) in [6.07, 6.45) is 7.61. The maximum atomic E-state index is 13.3. The van der Waals surface area contributed by atoms with Gasteiger partial charge in [0.1, 0.15) is 22.8 Å². The third-order valence-electron chi connectivity index (χ3n) is 11.0. The summed E-state index contributed by atoms with van der Waals surface area (Å²) in [7, 11) is 0. The molecule has 0 spiro atoms. The Kier molecular flexibility index (Phi) is 12.1. The Hall–Kier alpha value is -4.76. The highest BCUT2D eigenvalue weighted by atomic mass is 79.9. The molecule has 7 rings (SSSR count). The zero-order valence-electron chi connectivity index (χ0n) is 30.9. The number of carbonyl (C=O) groups is 2. The Morgan fingerprint density at radius 3 is 1.43 bits per heavy atom. The van der Waals surface area contributed by atoms with Crippen LogP contribution < -0.4 is 0 Å². The molecule has 4 aromatic rings. The summed E-state index contributed by atoms with van der Waals surface area (Å²) in [5.74, 6) is 0.110. The predicted octanol–water partition coefficient (Wildman–Crippen LogP) is 12.0. The van der Waals surface area contributed by atoms with E-state index in [1.165, 1.54) is 42.7 Å². The molecule has 3 aliphatic rings. The molecule has 0 N–H and O–H groups in total. The lowest BCUT2D eigenvalue weighted by Gasteiger charge is -2.43. The molecule has 0 bridgehead atoms. The topological polar surface area (TPSA) is 59.1 Å². The standard InChI is InChI=1S/C24H26FNO2.C21H21BrFNO2/c1-3-14-24(21-10-12-22(25)13-11-21)15-16-26(23(27)28-24)17(2)18-4-6-19(7-5-18)20-8-9-20;1-3-12-21(17-6-10-19(23)11-7-17)13-14-24(20(25)26-21)15(2)16-4-8-18(22)9-5-16/h3-7,10-13,17,20H,1,8-9,14-16H2,2H3;3-11,15H,1,12-14H2,2H3/t17-,24+;15-,21+/m00/s1. The first kappa shape index (κ1) is 38.9. The van der Waals surface area contributed by atoms with Crippen molar-refractivity contribution in [1.29, 1.82) is 0 Å². The highest BCUT2D eigenvalue weighted by Crippen LogP contribution is 2.43. The second-order valence-electron chi connectivity index (χ2n) is 14.5. The molecule has 54 heavy (non-hydrogen) atoms. The predicted molar refractivity (Wildman–Crippen MR) is 211 cm³/mol. The zero-order chi connectivity index (χ0) is 38.5. The van der Waals surface area contributed by atoms with Gasteiger partial charge in [0.15, 0.2) is 0 Å². The van der Waals surface area contributed by atoms with Crippen LogP contribution in [0.1, 0.15) is 98.2 Å². The minimum Gasteiger partial charge on any atom is -0.437 e. The van der Waals surface area contributed by atoms with E-state index in [1.54, 1.807) is 46.2 Å². The first-order valence-corrected chi connectivity index (χ1v) is 19.4. The lowest BCUT2D eigenvalue weighted by atomic mass is 9.85. The fourth-order valence-corrected chi connectivity index (χ4v) is 7.77. The lowest BCUT2D eigenvalue weighted by Crippen LogP contribution is -2.48. The van der Waals surface area contributed by atoms with Crippen molar-refractivity contribution in [2.45, 2.75) is 81.6 Å². The van der Waals surface area contributed by atoms with Crippen LogP contribution in [-0.2, 0) is 20.7 Å². The van der Waals surface area contributed by atoms with Crippen molar-refractivity contribution >= 4 is 28.1 Å². The fraction of sp³-hybridized carbons (Fsp3) is 0.333. The SMILES string of the molecule is C=CC[C@]1(c2ccc(F)cc2)CCN([C@@H](C)c2ccc(Br)cc2)C(=O)O1.C=CC[C@]1(c2ccc(F)cc2)CCN([C@@H](C)c2ccc(C3CC3)cc2)C(=O)O1.